The number of carbonyl (C=O) groups is 4. The Bertz CT molecular complexity index is 1940. The number of ketones is 1. The van der Waals surface area contributed by atoms with Crippen molar-refractivity contribution in [2.24, 2.45) is 0 Å². The van der Waals surface area contributed by atoms with Crippen molar-refractivity contribution in [3.8, 4) is 28.8 Å². The second kappa shape index (κ2) is 14.0. The molecule has 1 saturated heterocycles. The molecule has 0 aliphatic carbocycles. The summed E-state index contributed by atoms with van der Waals surface area (Å²) in [6, 6.07) is 20.0. The van der Waals surface area contributed by atoms with Crippen LogP contribution in [0, 0.1) is 11.3 Å². The lowest BCUT2D eigenvalue weighted by Gasteiger charge is -2.17. The van der Waals surface area contributed by atoms with Crippen LogP contribution in [0.1, 0.15) is 38.3 Å². The Morgan fingerprint density at radius 2 is 1.65 bits per heavy atom. The first-order chi connectivity index (χ1) is 22.9. The summed E-state index contributed by atoms with van der Waals surface area (Å²) in [5, 5.41) is 8.15. The molecule has 10 nitrogen and oxygen atoms in total. The van der Waals surface area contributed by atoms with E-state index in [0.29, 0.717) is 28.8 Å². The van der Waals surface area contributed by atoms with Crippen LogP contribution < -0.4 is 14.4 Å². The summed E-state index contributed by atoms with van der Waals surface area (Å²) in [5.74, 6) is -1.72. The van der Waals surface area contributed by atoms with Crippen molar-refractivity contribution >= 4 is 41.0 Å². The Labute approximate surface area is 276 Å². The van der Waals surface area contributed by atoms with E-state index in [1.54, 1.807) is 36.4 Å². The molecule has 0 spiro atoms. The number of carbonyl (C=O) groups excluding carboxylic acids is 4. The zero-order chi connectivity index (χ0) is 34.6. The van der Waals surface area contributed by atoms with Gasteiger partial charge in [-0.2, -0.15) is 18.4 Å². The smallest absolute Gasteiger partial charge is 0.417 e. The molecule has 0 radical (unpaired) electrons. The summed E-state index contributed by atoms with van der Waals surface area (Å²) in [6.07, 6.45) is -5.28. The van der Waals surface area contributed by atoms with Crippen molar-refractivity contribution in [3.05, 3.63) is 101 Å². The molecule has 1 fully saturated rings. The molecular formula is C34H24F3N3O7S. The Kier molecular flexibility index (Phi) is 9.81. The number of nitriles is 1. The Morgan fingerprint density at radius 1 is 0.958 bits per heavy atom. The summed E-state index contributed by atoms with van der Waals surface area (Å²) in [5.41, 5.74) is -1.34. The van der Waals surface area contributed by atoms with Gasteiger partial charge in [-0.05, 0) is 66.7 Å². The minimum Gasteiger partial charge on any atom is -0.497 e. The van der Waals surface area contributed by atoms with Crippen molar-refractivity contribution < 1.29 is 46.6 Å². The molecule has 2 amide bonds. The number of nitrogens with zero attached hydrogens (tertiary/aromatic N) is 3. The van der Waals surface area contributed by atoms with Gasteiger partial charge in [-0.3, -0.25) is 14.4 Å². The fraction of sp³-hybridized carbons (Fsp3) is 0.176. The highest BCUT2D eigenvalue weighted by Gasteiger charge is 2.42. The minimum atomic E-state index is -4.91. The molecule has 1 unspecified atom stereocenters. The SMILES string of the molecule is COc1ccc(-c2cc(C(F)(F)F)c(C#N)c(SC3CC(=O)N(c4ccc(C(=O)OCC(=O)c5cccc(OC)c5)cc4)C3=O)n2)cc1. The first-order valence-corrected chi connectivity index (χ1v) is 15.0. The topological polar surface area (TPSA) is 136 Å². The van der Waals surface area contributed by atoms with Gasteiger partial charge in [0, 0.05) is 17.5 Å². The molecule has 244 valence electrons. The molecule has 3 aromatic carbocycles. The number of aromatic nitrogens is 1. The van der Waals surface area contributed by atoms with Crippen molar-refractivity contribution in [2.45, 2.75) is 22.9 Å². The number of amides is 2. The number of Topliss-reactive ketones (excluding diaryl/α,β-unsaturated/α-hetero) is 1. The van der Waals surface area contributed by atoms with Crippen LogP contribution in [0.15, 0.2) is 83.9 Å². The lowest BCUT2D eigenvalue weighted by molar-refractivity contribution is -0.138. The first-order valence-electron chi connectivity index (χ1n) is 14.1. The summed E-state index contributed by atoms with van der Waals surface area (Å²) in [4.78, 5) is 56.5. The monoisotopic (exact) mass is 675 g/mol. The van der Waals surface area contributed by atoms with E-state index in [1.807, 2.05) is 0 Å². The average molecular weight is 676 g/mol. The van der Waals surface area contributed by atoms with Crippen molar-refractivity contribution in [2.75, 3.05) is 25.7 Å². The number of halogens is 3. The van der Waals surface area contributed by atoms with Crippen LogP contribution in [-0.4, -0.2) is 54.6 Å². The van der Waals surface area contributed by atoms with Gasteiger partial charge in [0.15, 0.2) is 12.4 Å². The van der Waals surface area contributed by atoms with Gasteiger partial charge in [0.2, 0.25) is 11.8 Å². The highest BCUT2D eigenvalue weighted by atomic mass is 32.2. The maximum atomic E-state index is 14.1. The number of alkyl halides is 3. The van der Waals surface area contributed by atoms with E-state index in [-0.39, 0.29) is 34.0 Å². The maximum absolute atomic E-state index is 14.1. The molecule has 1 aromatic heterocycles. The van der Waals surface area contributed by atoms with Crippen molar-refractivity contribution in [3.63, 3.8) is 0 Å². The predicted octanol–water partition coefficient (Wildman–Crippen LogP) is 6.12. The van der Waals surface area contributed by atoms with E-state index < -0.39 is 52.7 Å². The third-order valence-corrected chi connectivity index (χ3v) is 8.41. The van der Waals surface area contributed by atoms with Gasteiger partial charge in [-0.25, -0.2) is 14.7 Å². The lowest BCUT2D eigenvalue weighted by atomic mass is 10.1. The van der Waals surface area contributed by atoms with Gasteiger partial charge in [-0.1, -0.05) is 23.9 Å². The molecule has 5 rings (SSSR count). The van der Waals surface area contributed by atoms with Gasteiger partial charge in [-0.15, -0.1) is 0 Å². The van der Waals surface area contributed by atoms with Crippen LogP contribution in [0.3, 0.4) is 0 Å². The van der Waals surface area contributed by atoms with Gasteiger partial charge >= 0.3 is 12.1 Å². The number of rotatable bonds is 10. The number of esters is 1. The standard InChI is InChI=1S/C34H24F3N3O7S/c1-45-23-12-8-19(9-13-23)27-15-26(34(35,36)37)25(17-38)31(39-27)48-29-16-30(42)40(32(29)43)22-10-6-20(7-11-22)33(44)47-18-28(41)21-4-3-5-24(14-21)46-2/h3-15,29H,16,18H2,1-2H3. The fourth-order valence-corrected chi connectivity index (χ4v) is 5.92. The number of ether oxygens (including phenoxy) is 3. The summed E-state index contributed by atoms with van der Waals surface area (Å²) in [6.45, 7) is -0.538. The third-order valence-electron chi connectivity index (χ3n) is 7.24. The largest absolute Gasteiger partial charge is 0.497 e. The molecule has 0 bridgehead atoms. The number of hydrogen-bond acceptors (Lipinski definition) is 10. The highest BCUT2D eigenvalue weighted by molar-refractivity contribution is 8.00. The zero-order valence-electron chi connectivity index (χ0n) is 25.2. The maximum Gasteiger partial charge on any atom is 0.417 e. The van der Waals surface area contributed by atoms with Crippen LogP contribution in [0.2, 0.25) is 0 Å². The molecule has 48 heavy (non-hydrogen) atoms. The van der Waals surface area contributed by atoms with E-state index >= 15 is 0 Å². The average Bonchev–Trinajstić information content (AvgIpc) is 3.37. The summed E-state index contributed by atoms with van der Waals surface area (Å²) < 4.78 is 57.5. The molecule has 14 heteroatoms. The number of hydrogen-bond donors (Lipinski definition) is 0. The lowest BCUT2D eigenvalue weighted by Crippen LogP contribution is -2.31. The van der Waals surface area contributed by atoms with Gasteiger partial charge in [0.25, 0.3) is 0 Å². The molecule has 1 atom stereocenters. The quantitative estimate of drug-likeness (QED) is 0.110. The van der Waals surface area contributed by atoms with Crippen molar-refractivity contribution in [1.82, 2.24) is 4.98 Å². The normalized spacial score (nSPS) is 14.4. The molecular weight excluding hydrogens is 651 g/mol. The number of anilines is 1. The number of methoxy groups -OCH3 is 2. The van der Waals surface area contributed by atoms with Crippen LogP contribution >= 0.6 is 11.8 Å². The number of thioether (sulfide) groups is 1. The van der Waals surface area contributed by atoms with Gasteiger partial charge in [0.1, 0.15) is 22.6 Å². The minimum absolute atomic E-state index is 0.0418. The predicted molar refractivity (Wildman–Crippen MR) is 167 cm³/mol. The third kappa shape index (κ3) is 7.16. The number of imide groups is 1. The molecule has 0 saturated carbocycles. The molecule has 1 aliphatic rings. The van der Waals surface area contributed by atoms with Gasteiger partial charge < -0.3 is 14.2 Å². The number of pyridine rings is 1. The van der Waals surface area contributed by atoms with Crippen LogP contribution in [0.5, 0.6) is 11.5 Å². The van der Waals surface area contributed by atoms with E-state index in [4.69, 9.17) is 14.2 Å². The Balaban J connectivity index is 1.32. The second-order valence-electron chi connectivity index (χ2n) is 10.2. The van der Waals surface area contributed by atoms with E-state index in [2.05, 4.69) is 4.98 Å². The number of benzene rings is 3. The van der Waals surface area contributed by atoms with Gasteiger partial charge in [0.05, 0.1) is 47.5 Å². The molecule has 1 aliphatic heterocycles. The van der Waals surface area contributed by atoms with Crippen LogP contribution in [0.25, 0.3) is 11.3 Å². The van der Waals surface area contributed by atoms with Crippen LogP contribution in [0.4, 0.5) is 18.9 Å². The molecule has 4 aromatic rings. The molecule has 0 N–H and O–H groups in total. The second-order valence-corrected chi connectivity index (χ2v) is 11.4. The highest BCUT2D eigenvalue weighted by Crippen LogP contribution is 2.41. The Hall–Kier alpha value is -5.68. The summed E-state index contributed by atoms with van der Waals surface area (Å²) in [7, 11) is 2.89. The molecule has 2 heterocycles. The van der Waals surface area contributed by atoms with E-state index in [1.165, 1.54) is 56.7 Å². The first kappa shape index (κ1) is 33.7. The Morgan fingerprint density at radius 3 is 2.27 bits per heavy atom. The zero-order valence-corrected chi connectivity index (χ0v) is 26.1. The van der Waals surface area contributed by atoms with Crippen LogP contribution in [-0.2, 0) is 20.5 Å². The van der Waals surface area contributed by atoms with E-state index in [9.17, 15) is 37.6 Å². The fourth-order valence-electron chi connectivity index (χ4n) is 4.79. The summed E-state index contributed by atoms with van der Waals surface area (Å²) >= 11 is 0.593. The van der Waals surface area contributed by atoms with E-state index in [0.717, 1.165) is 11.0 Å². The van der Waals surface area contributed by atoms with Crippen molar-refractivity contribution in [1.29, 1.82) is 5.26 Å².